The van der Waals surface area contributed by atoms with Gasteiger partial charge in [0.05, 0.1) is 11.9 Å². The number of fused-ring (bicyclic) bond motifs is 1. The summed E-state index contributed by atoms with van der Waals surface area (Å²) in [5.41, 5.74) is 3.40. The Labute approximate surface area is 138 Å². The Morgan fingerprint density at radius 3 is 2.96 bits per heavy atom. The predicted octanol–water partition coefficient (Wildman–Crippen LogP) is 3.97. The van der Waals surface area contributed by atoms with Gasteiger partial charge < -0.3 is 10.3 Å². The van der Waals surface area contributed by atoms with E-state index in [0.29, 0.717) is 5.52 Å². The van der Waals surface area contributed by atoms with Crippen molar-refractivity contribution in [1.82, 2.24) is 10.3 Å². The summed E-state index contributed by atoms with van der Waals surface area (Å²) in [7, 11) is 0. The number of para-hydroxylation sites is 1. The fraction of sp³-hybridized carbons (Fsp3) is 0.278. The zero-order valence-corrected chi connectivity index (χ0v) is 14.0. The average Bonchev–Trinajstić information content (AvgIpc) is 3.09. The van der Waals surface area contributed by atoms with Gasteiger partial charge in [0.2, 0.25) is 5.91 Å². The second-order valence-corrected chi connectivity index (χ2v) is 6.65. The molecule has 2 aromatic heterocycles. The molecule has 0 bridgehead atoms. The quantitative estimate of drug-likeness (QED) is 0.730. The first kappa shape index (κ1) is 15.7. The molecular weight excluding hydrogens is 311 g/mol. The molecule has 0 spiro atoms. The third-order valence-electron chi connectivity index (χ3n) is 3.97. The summed E-state index contributed by atoms with van der Waals surface area (Å²) in [6, 6.07) is 7.08. The molecule has 1 amide bonds. The molecular formula is C18H19FN2OS. The van der Waals surface area contributed by atoms with Crippen molar-refractivity contribution in [3.63, 3.8) is 0 Å². The van der Waals surface area contributed by atoms with E-state index in [0.717, 1.165) is 23.1 Å². The fourth-order valence-corrected chi connectivity index (χ4v) is 3.58. The van der Waals surface area contributed by atoms with Gasteiger partial charge in [0, 0.05) is 17.1 Å². The largest absolute Gasteiger partial charge is 0.356 e. The number of carbonyl (C=O) groups is 1. The molecule has 3 aromatic rings. The lowest BCUT2D eigenvalue weighted by molar-refractivity contribution is -0.121. The van der Waals surface area contributed by atoms with Crippen molar-refractivity contribution in [3.05, 3.63) is 57.7 Å². The number of amides is 1. The summed E-state index contributed by atoms with van der Waals surface area (Å²) in [6.07, 6.45) is 1.07. The van der Waals surface area contributed by atoms with Crippen molar-refractivity contribution in [2.24, 2.45) is 0 Å². The lowest BCUT2D eigenvalue weighted by Crippen LogP contribution is -2.35. The molecule has 0 radical (unpaired) electrons. The van der Waals surface area contributed by atoms with Gasteiger partial charge in [0.1, 0.15) is 5.82 Å². The van der Waals surface area contributed by atoms with Gasteiger partial charge in [-0.1, -0.05) is 12.1 Å². The number of aryl methyl sites for hydroxylation is 1. The Hall–Kier alpha value is -2.14. The molecule has 0 aliphatic heterocycles. The maximum atomic E-state index is 13.8. The summed E-state index contributed by atoms with van der Waals surface area (Å²) in [6.45, 7) is 3.87. The van der Waals surface area contributed by atoms with Crippen molar-refractivity contribution in [1.29, 1.82) is 0 Å². The summed E-state index contributed by atoms with van der Waals surface area (Å²) in [5.74, 6) is -0.330. The minimum atomic E-state index is -0.289. The molecule has 0 unspecified atom stereocenters. The summed E-state index contributed by atoms with van der Waals surface area (Å²) in [4.78, 5) is 15.4. The van der Waals surface area contributed by atoms with Crippen LogP contribution in [-0.2, 0) is 17.6 Å². The minimum absolute atomic E-state index is 0.0407. The summed E-state index contributed by atoms with van der Waals surface area (Å²) < 4.78 is 13.8. The van der Waals surface area contributed by atoms with Gasteiger partial charge in [-0.2, -0.15) is 11.3 Å². The lowest BCUT2D eigenvalue weighted by atomic mass is 10.1. The highest BCUT2D eigenvalue weighted by molar-refractivity contribution is 7.07. The number of halogens is 1. The number of hydrogen-bond donors (Lipinski definition) is 2. The number of aromatic amines is 1. The second-order valence-electron chi connectivity index (χ2n) is 5.87. The van der Waals surface area contributed by atoms with E-state index in [2.05, 4.69) is 21.7 Å². The Morgan fingerprint density at radius 2 is 2.22 bits per heavy atom. The van der Waals surface area contributed by atoms with Crippen LogP contribution >= 0.6 is 11.3 Å². The van der Waals surface area contributed by atoms with Crippen LogP contribution in [0.3, 0.4) is 0 Å². The number of rotatable bonds is 5. The topological polar surface area (TPSA) is 44.9 Å². The molecule has 3 nitrogen and oxygen atoms in total. The first-order valence-corrected chi connectivity index (χ1v) is 8.55. The molecule has 120 valence electrons. The van der Waals surface area contributed by atoms with E-state index in [1.54, 1.807) is 17.4 Å². The van der Waals surface area contributed by atoms with E-state index in [-0.39, 0.29) is 24.2 Å². The van der Waals surface area contributed by atoms with Crippen LogP contribution in [0.25, 0.3) is 10.9 Å². The molecule has 5 heteroatoms. The maximum Gasteiger partial charge on any atom is 0.224 e. The van der Waals surface area contributed by atoms with Crippen LogP contribution in [0.1, 0.15) is 23.7 Å². The number of thiophene rings is 1. The Bertz CT molecular complexity index is 823. The molecule has 23 heavy (non-hydrogen) atoms. The highest BCUT2D eigenvalue weighted by Crippen LogP contribution is 2.24. The third-order valence-corrected chi connectivity index (χ3v) is 4.70. The Balaban J connectivity index is 1.70. The fourth-order valence-electron chi connectivity index (χ4n) is 2.90. The zero-order valence-electron chi connectivity index (χ0n) is 13.2. The van der Waals surface area contributed by atoms with Crippen LogP contribution in [0.5, 0.6) is 0 Å². The predicted molar refractivity (Wildman–Crippen MR) is 92.3 cm³/mol. The smallest absolute Gasteiger partial charge is 0.224 e. The first-order chi connectivity index (χ1) is 11.0. The van der Waals surface area contributed by atoms with E-state index in [9.17, 15) is 9.18 Å². The van der Waals surface area contributed by atoms with E-state index < -0.39 is 0 Å². The van der Waals surface area contributed by atoms with Crippen molar-refractivity contribution in [3.8, 4) is 0 Å². The van der Waals surface area contributed by atoms with Crippen molar-refractivity contribution >= 4 is 28.1 Å². The van der Waals surface area contributed by atoms with Crippen molar-refractivity contribution in [2.45, 2.75) is 32.7 Å². The SMILES string of the molecule is Cc1[nH]c2c(F)cccc2c1CC(=O)N[C@H](C)Cc1ccsc1. The Morgan fingerprint density at radius 1 is 1.39 bits per heavy atom. The molecule has 2 N–H and O–H groups in total. The molecule has 0 saturated carbocycles. The first-order valence-electron chi connectivity index (χ1n) is 7.60. The van der Waals surface area contributed by atoms with E-state index in [4.69, 9.17) is 0 Å². The number of carbonyl (C=O) groups excluding carboxylic acids is 1. The molecule has 0 saturated heterocycles. The van der Waals surface area contributed by atoms with Crippen LogP contribution in [0.4, 0.5) is 4.39 Å². The van der Waals surface area contributed by atoms with Crippen molar-refractivity contribution in [2.75, 3.05) is 0 Å². The lowest BCUT2D eigenvalue weighted by Gasteiger charge is -2.13. The number of benzene rings is 1. The van der Waals surface area contributed by atoms with Gasteiger partial charge in [-0.25, -0.2) is 4.39 Å². The highest BCUT2D eigenvalue weighted by Gasteiger charge is 2.16. The van der Waals surface area contributed by atoms with Crippen LogP contribution in [-0.4, -0.2) is 16.9 Å². The van der Waals surface area contributed by atoms with E-state index in [1.165, 1.54) is 11.6 Å². The van der Waals surface area contributed by atoms with Crippen LogP contribution in [0, 0.1) is 12.7 Å². The Kier molecular flexibility index (Phi) is 4.48. The zero-order chi connectivity index (χ0) is 16.4. The van der Waals surface area contributed by atoms with Gasteiger partial charge in [-0.15, -0.1) is 0 Å². The number of nitrogens with one attached hydrogen (secondary N) is 2. The third kappa shape index (κ3) is 3.45. The number of aromatic nitrogens is 1. The van der Waals surface area contributed by atoms with Crippen LogP contribution < -0.4 is 5.32 Å². The second kappa shape index (κ2) is 6.54. The highest BCUT2D eigenvalue weighted by atomic mass is 32.1. The normalized spacial score (nSPS) is 12.5. The summed E-state index contributed by atoms with van der Waals surface area (Å²) in [5, 5.41) is 7.93. The monoisotopic (exact) mass is 330 g/mol. The maximum absolute atomic E-state index is 13.8. The van der Waals surface area contributed by atoms with Crippen molar-refractivity contribution < 1.29 is 9.18 Å². The molecule has 0 fully saturated rings. The van der Waals surface area contributed by atoms with Gasteiger partial charge in [0.15, 0.2) is 0 Å². The molecule has 1 atom stereocenters. The summed E-state index contributed by atoms with van der Waals surface area (Å²) >= 11 is 1.66. The standard InChI is InChI=1S/C18H19FN2OS/c1-11(8-13-6-7-23-10-13)20-17(22)9-15-12(2)21-18-14(15)4-3-5-16(18)19/h3-7,10-11,21H,8-9H2,1-2H3,(H,20,22)/t11-/m1/s1. The van der Waals surface area contributed by atoms with E-state index in [1.807, 2.05) is 25.3 Å². The minimum Gasteiger partial charge on any atom is -0.356 e. The van der Waals surface area contributed by atoms with E-state index >= 15 is 0 Å². The van der Waals surface area contributed by atoms with Gasteiger partial charge in [-0.05, 0) is 54.3 Å². The van der Waals surface area contributed by atoms with Crippen LogP contribution in [0.15, 0.2) is 35.0 Å². The van der Waals surface area contributed by atoms with Gasteiger partial charge in [-0.3, -0.25) is 4.79 Å². The average molecular weight is 330 g/mol. The molecule has 0 aliphatic carbocycles. The number of hydrogen-bond acceptors (Lipinski definition) is 2. The van der Waals surface area contributed by atoms with Crippen LogP contribution in [0.2, 0.25) is 0 Å². The van der Waals surface area contributed by atoms with Gasteiger partial charge >= 0.3 is 0 Å². The molecule has 2 heterocycles. The van der Waals surface area contributed by atoms with Gasteiger partial charge in [0.25, 0.3) is 0 Å². The molecule has 1 aromatic carbocycles. The number of H-pyrrole nitrogens is 1. The molecule has 3 rings (SSSR count). The molecule has 0 aliphatic rings.